The topological polar surface area (TPSA) is 95.0 Å². The number of benzene rings is 2. The first-order valence-corrected chi connectivity index (χ1v) is 7.89. The summed E-state index contributed by atoms with van der Waals surface area (Å²) in [6.07, 6.45) is 0. The van der Waals surface area contributed by atoms with Crippen molar-refractivity contribution >= 4 is 17.4 Å². The summed E-state index contributed by atoms with van der Waals surface area (Å²) in [6.45, 7) is 1.93. The first-order valence-electron chi connectivity index (χ1n) is 7.89. The minimum Gasteiger partial charge on any atom is -0.503 e. The number of hydrogen-bond acceptors (Lipinski definition) is 5. The third-order valence-electron chi connectivity index (χ3n) is 4.32. The van der Waals surface area contributed by atoms with Crippen molar-refractivity contribution in [2.45, 2.75) is 13.0 Å². The second-order valence-corrected chi connectivity index (χ2v) is 5.94. The fourth-order valence-corrected chi connectivity index (χ4v) is 3.09. The molecule has 0 radical (unpaired) electrons. The maximum atomic E-state index is 14.6. The van der Waals surface area contributed by atoms with Gasteiger partial charge in [0.2, 0.25) is 0 Å². The van der Waals surface area contributed by atoms with Gasteiger partial charge in [0.1, 0.15) is 5.82 Å². The lowest BCUT2D eigenvalue weighted by atomic mass is 9.93. The zero-order valence-corrected chi connectivity index (χ0v) is 13.7. The number of aliphatic hydroxyl groups is 1. The highest BCUT2D eigenvalue weighted by molar-refractivity contribution is 6.15. The Bertz CT molecular complexity index is 999. The molecule has 2 N–H and O–H groups in total. The summed E-state index contributed by atoms with van der Waals surface area (Å²) in [7, 11) is 0. The van der Waals surface area contributed by atoms with E-state index in [0.29, 0.717) is 11.1 Å². The Hall–Kier alpha value is -3.55. The number of nitrogens with one attached hydrogen (secondary N) is 1. The number of aromatic nitrogens is 4. The number of nitrogens with zero attached hydrogens (tertiary/aromatic N) is 4. The number of rotatable bonds is 3. The first-order chi connectivity index (χ1) is 12.6. The van der Waals surface area contributed by atoms with E-state index in [9.17, 15) is 14.3 Å². The molecular formula is C18H14FN5O2. The lowest BCUT2D eigenvalue weighted by molar-refractivity contribution is -0.117. The van der Waals surface area contributed by atoms with Crippen LogP contribution in [0.15, 0.2) is 54.3 Å². The molecule has 1 amide bonds. The number of aromatic amines is 1. The monoisotopic (exact) mass is 351 g/mol. The van der Waals surface area contributed by atoms with Crippen LogP contribution in [0, 0.1) is 12.7 Å². The summed E-state index contributed by atoms with van der Waals surface area (Å²) in [5.41, 5.74) is 2.16. The van der Waals surface area contributed by atoms with Gasteiger partial charge in [-0.1, -0.05) is 53.1 Å². The molecule has 2 aromatic carbocycles. The first kappa shape index (κ1) is 15.9. The molecule has 0 saturated heterocycles. The van der Waals surface area contributed by atoms with Crippen LogP contribution in [0.3, 0.4) is 0 Å². The highest BCUT2D eigenvalue weighted by Gasteiger charge is 2.44. The second-order valence-electron chi connectivity index (χ2n) is 5.94. The normalized spacial score (nSPS) is 17.2. The van der Waals surface area contributed by atoms with Gasteiger partial charge in [0.15, 0.2) is 5.76 Å². The van der Waals surface area contributed by atoms with Crippen LogP contribution >= 0.6 is 0 Å². The van der Waals surface area contributed by atoms with E-state index < -0.39 is 23.5 Å². The van der Waals surface area contributed by atoms with Gasteiger partial charge in [-0.25, -0.2) is 4.39 Å². The third kappa shape index (κ3) is 2.43. The van der Waals surface area contributed by atoms with Gasteiger partial charge in [0.25, 0.3) is 11.9 Å². The number of halogens is 1. The lowest BCUT2D eigenvalue weighted by Crippen LogP contribution is -2.31. The van der Waals surface area contributed by atoms with Gasteiger partial charge in [-0.05, 0) is 23.8 Å². The SMILES string of the molecule is Cc1ccc(C2=C(O)C(=O)N(c3nn[nH]n3)C2c2ccccc2F)cc1. The van der Waals surface area contributed by atoms with Gasteiger partial charge in [0.05, 0.1) is 6.04 Å². The maximum Gasteiger partial charge on any atom is 0.296 e. The molecule has 0 bridgehead atoms. The average molecular weight is 351 g/mol. The number of anilines is 1. The van der Waals surface area contributed by atoms with Crippen molar-refractivity contribution in [3.05, 3.63) is 76.8 Å². The van der Waals surface area contributed by atoms with Crippen molar-refractivity contribution in [1.29, 1.82) is 0 Å². The van der Waals surface area contributed by atoms with Crippen LogP contribution in [0.4, 0.5) is 10.3 Å². The number of hydrogen-bond donors (Lipinski definition) is 2. The largest absolute Gasteiger partial charge is 0.503 e. The van der Waals surface area contributed by atoms with E-state index in [4.69, 9.17) is 0 Å². The molecule has 8 heteroatoms. The zero-order chi connectivity index (χ0) is 18.3. The fourth-order valence-electron chi connectivity index (χ4n) is 3.09. The van der Waals surface area contributed by atoms with Crippen molar-refractivity contribution < 1.29 is 14.3 Å². The maximum absolute atomic E-state index is 14.6. The van der Waals surface area contributed by atoms with E-state index in [0.717, 1.165) is 10.5 Å². The molecule has 26 heavy (non-hydrogen) atoms. The number of aliphatic hydroxyl groups excluding tert-OH is 1. The quantitative estimate of drug-likeness (QED) is 0.756. The van der Waals surface area contributed by atoms with Crippen LogP contribution < -0.4 is 4.90 Å². The number of carbonyl (C=O) groups is 1. The number of H-pyrrole nitrogens is 1. The Morgan fingerprint density at radius 1 is 1.15 bits per heavy atom. The molecule has 0 spiro atoms. The van der Waals surface area contributed by atoms with E-state index >= 15 is 0 Å². The number of amides is 1. The van der Waals surface area contributed by atoms with Crippen molar-refractivity contribution in [2.24, 2.45) is 0 Å². The summed E-state index contributed by atoms with van der Waals surface area (Å²) >= 11 is 0. The van der Waals surface area contributed by atoms with E-state index in [1.807, 2.05) is 19.1 Å². The minimum atomic E-state index is -0.913. The van der Waals surface area contributed by atoms with Gasteiger partial charge in [-0.3, -0.25) is 9.69 Å². The standard InChI is InChI=1S/C18H14FN5O2/c1-10-6-8-11(9-7-10)14-15(12-4-2-3-5-13(12)19)24(17(26)16(14)25)18-20-22-23-21-18/h2-9,15,25H,1H3,(H,20,21,22,23). The van der Waals surface area contributed by atoms with Crippen molar-refractivity contribution in [3.8, 4) is 0 Å². The molecule has 3 aromatic rings. The van der Waals surface area contributed by atoms with Crippen molar-refractivity contribution in [2.75, 3.05) is 4.90 Å². The van der Waals surface area contributed by atoms with Crippen molar-refractivity contribution in [1.82, 2.24) is 20.6 Å². The molecule has 0 aliphatic carbocycles. The molecule has 7 nitrogen and oxygen atoms in total. The number of tetrazole rings is 1. The van der Waals surface area contributed by atoms with E-state index in [2.05, 4.69) is 20.6 Å². The minimum absolute atomic E-state index is 0.0445. The molecule has 1 aliphatic rings. The third-order valence-corrected chi connectivity index (χ3v) is 4.32. The van der Waals surface area contributed by atoms with E-state index in [1.165, 1.54) is 6.07 Å². The molecule has 1 atom stereocenters. The Morgan fingerprint density at radius 2 is 1.88 bits per heavy atom. The predicted molar refractivity (Wildman–Crippen MR) is 91.5 cm³/mol. The molecule has 2 heterocycles. The van der Waals surface area contributed by atoms with E-state index in [-0.39, 0.29) is 11.5 Å². The molecule has 0 saturated carbocycles. The molecular weight excluding hydrogens is 337 g/mol. The van der Waals surface area contributed by atoms with Crippen LogP contribution in [-0.4, -0.2) is 31.6 Å². The summed E-state index contributed by atoms with van der Waals surface area (Å²) in [5, 5.41) is 23.9. The summed E-state index contributed by atoms with van der Waals surface area (Å²) in [4.78, 5) is 13.9. The molecule has 130 valence electrons. The molecule has 1 aliphatic heterocycles. The molecule has 4 rings (SSSR count). The summed E-state index contributed by atoms with van der Waals surface area (Å²) < 4.78 is 14.6. The molecule has 1 unspecified atom stereocenters. The van der Waals surface area contributed by atoms with Crippen LogP contribution in [0.5, 0.6) is 0 Å². The average Bonchev–Trinajstić information content (AvgIpc) is 3.24. The zero-order valence-electron chi connectivity index (χ0n) is 13.7. The van der Waals surface area contributed by atoms with Gasteiger partial charge in [-0.2, -0.15) is 5.21 Å². The predicted octanol–water partition coefficient (Wildman–Crippen LogP) is 2.70. The number of aryl methyl sites for hydroxylation is 1. The van der Waals surface area contributed by atoms with Crippen LogP contribution in [0.25, 0.3) is 5.57 Å². The molecule has 1 aromatic heterocycles. The Morgan fingerprint density at radius 3 is 2.54 bits per heavy atom. The lowest BCUT2D eigenvalue weighted by Gasteiger charge is -2.24. The summed E-state index contributed by atoms with van der Waals surface area (Å²) in [6, 6.07) is 12.4. The van der Waals surface area contributed by atoms with Gasteiger partial charge < -0.3 is 5.11 Å². The van der Waals surface area contributed by atoms with Crippen LogP contribution in [0.2, 0.25) is 0 Å². The van der Waals surface area contributed by atoms with Gasteiger partial charge in [0, 0.05) is 11.1 Å². The van der Waals surface area contributed by atoms with Gasteiger partial charge >= 0.3 is 0 Å². The van der Waals surface area contributed by atoms with Crippen LogP contribution in [0.1, 0.15) is 22.7 Å². The van der Waals surface area contributed by atoms with Crippen LogP contribution in [-0.2, 0) is 4.79 Å². The van der Waals surface area contributed by atoms with Crippen molar-refractivity contribution in [3.63, 3.8) is 0 Å². The highest BCUT2D eigenvalue weighted by Crippen LogP contribution is 2.44. The highest BCUT2D eigenvalue weighted by atomic mass is 19.1. The number of carbonyl (C=O) groups excluding carboxylic acids is 1. The Balaban J connectivity index is 1.94. The summed E-state index contributed by atoms with van der Waals surface area (Å²) in [5.74, 6) is -1.72. The smallest absolute Gasteiger partial charge is 0.296 e. The van der Waals surface area contributed by atoms with Gasteiger partial charge in [-0.15, -0.1) is 5.10 Å². The molecule has 0 fully saturated rings. The fraction of sp³-hybridized carbons (Fsp3) is 0.111. The van der Waals surface area contributed by atoms with E-state index in [1.54, 1.807) is 30.3 Å². The Kier molecular flexibility index (Phi) is 3.72. The second kappa shape index (κ2) is 6.07. The Labute approximate surface area is 147 Å².